The molecule has 2 aromatic carbocycles. The molecule has 0 unspecified atom stereocenters. The summed E-state index contributed by atoms with van der Waals surface area (Å²) in [7, 11) is 1.50. The molecule has 0 aliphatic rings. The Morgan fingerprint density at radius 2 is 1.75 bits per heavy atom. The van der Waals surface area contributed by atoms with Gasteiger partial charge in [0, 0.05) is 18.3 Å². The predicted octanol–water partition coefficient (Wildman–Crippen LogP) is 3.57. The zero-order valence-corrected chi connectivity index (χ0v) is 17.0. The lowest BCUT2D eigenvalue weighted by molar-refractivity contribution is 0.415. The molecule has 32 heavy (non-hydrogen) atoms. The second kappa shape index (κ2) is 7.31. The van der Waals surface area contributed by atoms with Crippen molar-refractivity contribution in [1.29, 1.82) is 0 Å². The summed E-state index contributed by atoms with van der Waals surface area (Å²) in [5, 5.41) is 0.0555. The first-order chi connectivity index (χ1) is 15.4. The van der Waals surface area contributed by atoms with Crippen LogP contribution in [0.3, 0.4) is 0 Å². The first kappa shape index (κ1) is 19.9. The molecule has 0 aliphatic heterocycles. The van der Waals surface area contributed by atoms with Gasteiger partial charge in [-0.3, -0.25) is 4.79 Å². The van der Waals surface area contributed by atoms with Crippen LogP contribution in [0.4, 0.5) is 13.2 Å². The quantitative estimate of drug-likeness (QED) is 0.388. The summed E-state index contributed by atoms with van der Waals surface area (Å²) in [6.07, 6.45) is 1.32. The second-order valence-corrected chi connectivity index (χ2v) is 7.70. The van der Waals surface area contributed by atoms with E-state index in [0.29, 0.717) is 28.1 Å². The Morgan fingerprint density at radius 3 is 2.47 bits per heavy atom. The monoisotopic (exact) mass is 456 g/mol. The lowest BCUT2D eigenvalue weighted by Gasteiger charge is -2.12. The van der Waals surface area contributed by atoms with Crippen LogP contribution in [0.1, 0.15) is 0 Å². The fourth-order valence-corrected chi connectivity index (χ4v) is 4.31. The van der Waals surface area contributed by atoms with Crippen molar-refractivity contribution in [1.82, 2.24) is 19.1 Å². The number of methoxy groups -OCH3 is 1. The first-order valence-electron chi connectivity index (χ1n) is 9.11. The number of thiazole rings is 1. The highest BCUT2D eigenvalue weighted by atomic mass is 32.1. The summed E-state index contributed by atoms with van der Waals surface area (Å²) in [5.41, 5.74) is -1.60. The summed E-state index contributed by atoms with van der Waals surface area (Å²) >= 11 is 1.06. The van der Waals surface area contributed by atoms with Gasteiger partial charge in [-0.15, -0.1) is 0 Å². The molecule has 3 aromatic heterocycles. The number of nitrogens with zero attached hydrogens (tertiary/aromatic N) is 4. The van der Waals surface area contributed by atoms with Crippen LogP contribution >= 0.6 is 11.3 Å². The summed E-state index contributed by atoms with van der Waals surface area (Å²) in [5.74, 6) is -4.08. The van der Waals surface area contributed by atoms with Gasteiger partial charge in [-0.05, 0) is 30.3 Å². The molecule has 5 aromatic rings. The SMILES string of the molecule is COc1ccc2nc(-n3c(=O)c4cccnc4n(-c4cc(F)c(F)c(F)c4)c3=O)sc2c1. The van der Waals surface area contributed by atoms with E-state index in [1.807, 2.05) is 0 Å². The van der Waals surface area contributed by atoms with Crippen molar-refractivity contribution in [3.05, 3.63) is 87.0 Å². The number of aromatic nitrogens is 4. The number of hydrogen-bond acceptors (Lipinski definition) is 6. The Morgan fingerprint density at radius 1 is 1.00 bits per heavy atom. The molecule has 0 atom stereocenters. The van der Waals surface area contributed by atoms with E-state index in [1.165, 1.54) is 25.4 Å². The van der Waals surface area contributed by atoms with Crippen molar-refractivity contribution in [3.63, 3.8) is 0 Å². The average Bonchev–Trinajstić information content (AvgIpc) is 3.20. The maximum absolute atomic E-state index is 13.9. The fraction of sp³-hybridized carbons (Fsp3) is 0.0476. The molecule has 5 rings (SSSR count). The Labute approximate surface area is 180 Å². The van der Waals surface area contributed by atoms with Gasteiger partial charge in [-0.1, -0.05) is 11.3 Å². The van der Waals surface area contributed by atoms with E-state index in [-0.39, 0.29) is 21.9 Å². The Balaban J connectivity index is 1.88. The van der Waals surface area contributed by atoms with Crippen LogP contribution in [-0.4, -0.2) is 26.2 Å². The van der Waals surface area contributed by atoms with Gasteiger partial charge in [-0.25, -0.2) is 37.1 Å². The van der Waals surface area contributed by atoms with Crippen LogP contribution in [0.25, 0.3) is 32.1 Å². The minimum absolute atomic E-state index is 0.00841. The zero-order chi connectivity index (χ0) is 22.6. The summed E-state index contributed by atoms with van der Waals surface area (Å²) in [4.78, 5) is 35.0. The van der Waals surface area contributed by atoms with Gasteiger partial charge in [0.05, 0.1) is 28.4 Å². The van der Waals surface area contributed by atoms with Gasteiger partial charge in [-0.2, -0.15) is 0 Å². The number of fused-ring (bicyclic) bond motifs is 2. The number of hydrogen-bond donors (Lipinski definition) is 0. The molecule has 0 bridgehead atoms. The predicted molar refractivity (Wildman–Crippen MR) is 113 cm³/mol. The summed E-state index contributed by atoms with van der Waals surface area (Å²) in [6.45, 7) is 0. The van der Waals surface area contributed by atoms with Crippen molar-refractivity contribution in [2.24, 2.45) is 0 Å². The third-order valence-electron chi connectivity index (χ3n) is 4.82. The van der Waals surface area contributed by atoms with Crippen LogP contribution < -0.4 is 16.0 Å². The second-order valence-electron chi connectivity index (χ2n) is 6.69. The van der Waals surface area contributed by atoms with E-state index in [2.05, 4.69) is 9.97 Å². The topological polar surface area (TPSA) is 79.0 Å². The van der Waals surface area contributed by atoms with Crippen LogP contribution in [0.5, 0.6) is 5.75 Å². The number of ether oxygens (including phenoxy) is 1. The fourth-order valence-electron chi connectivity index (χ4n) is 3.33. The molecule has 0 spiro atoms. The Hall–Kier alpha value is -3.99. The highest BCUT2D eigenvalue weighted by molar-refractivity contribution is 7.20. The van der Waals surface area contributed by atoms with Gasteiger partial charge in [0.15, 0.2) is 23.1 Å². The largest absolute Gasteiger partial charge is 0.497 e. The smallest absolute Gasteiger partial charge is 0.343 e. The van der Waals surface area contributed by atoms with Crippen LogP contribution in [-0.2, 0) is 0 Å². The van der Waals surface area contributed by atoms with Crippen molar-refractivity contribution < 1.29 is 17.9 Å². The maximum Gasteiger partial charge on any atom is 0.343 e. The molecule has 0 aliphatic carbocycles. The van der Waals surface area contributed by atoms with Gasteiger partial charge >= 0.3 is 5.69 Å². The van der Waals surface area contributed by atoms with Gasteiger partial charge < -0.3 is 4.74 Å². The van der Waals surface area contributed by atoms with Crippen molar-refractivity contribution in [2.75, 3.05) is 7.11 Å². The molecule has 0 amide bonds. The standard InChI is InChI=1S/C21H11F3N4O3S/c1-31-11-4-5-15-16(9-11)32-20(26-15)28-19(29)12-3-2-6-25-18(12)27(21(28)30)10-7-13(22)17(24)14(23)8-10/h2-9H,1H3. The van der Waals surface area contributed by atoms with E-state index in [4.69, 9.17) is 4.74 Å². The van der Waals surface area contributed by atoms with Crippen LogP contribution in [0.15, 0.2) is 58.3 Å². The zero-order valence-electron chi connectivity index (χ0n) is 16.2. The van der Waals surface area contributed by atoms with Crippen molar-refractivity contribution in [3.8, 4) is 16.6 Å². The highest BCUT2D eigenvalue weighted by Crippen LogP contribution is 2.28. The molecular weight excluding hydrogens is 445 g/mol. The van der Waals surface area contributed by atoms with E-state index >= 15 is 0 Å². The normalized spacial score (nSPS) is 11.4. The first-order valence-corrected chi connectivity index (χ1v) is 9.93. The third-order valence-corrected chi connectivity index (χ3v) is 5.82. The van der Waals surface area contributed by atoms with E-state index < -0.39 is 28.7 Å². The van der Waals surface area contributed by atoms with E-state index in [1.54, 1.807) is 18.2 Å². The number of rotatable bonds is 3. The van der Waals surface area contributed by atoms with Gasteiger partial charge in [0.25, 0.3) is 5.56 Å². The highest BCUT2D eigenvalue weighted by Gasteiger charge is 2.21. The minimum atomic E-state index is -1.67. The van der Waals surface area contributed by atoms with E-state index in [9.17, 15) is 22.8 Å². The van der Waals surface area contributed by atoms with Gasteiger partial charge in [0.2, 0.25) is 5.13 Å². The molecule has 11 heteroatoms. The number of benzene rings is 2. The maximum atomic E-state index is 13.9. The van der Waals surface area contributed by atoms with Crippen LogP contribution in [0, 0.1) is 17.5 Å². The third kappa shape index (κ3) is 2.97. The lowest BCUT2D eigenvalue weighted by Crippen LogP contribution is -2.38. The summed E-state index contributed by atoms with van der Waals surface area (Å²) < 4.78 is 48.8. The number of halogens is 3. The summed E-state index contributed by atoms with van der Waals surface area (Å²) in [6, 6.07) is 9.28. The average molecular weight is 456 g/mol. The molecule has 0 radical (unpaired) electrons. The minimum Gasteiger partial charge on any atom is -0.497 e. The molecule has 0 N–H and O–H groups in total. The Kier molecular flexibility index (Phi) is 4.55. The van der Waals surface area contributed by atoms with Crippen molar-refractivity contribution in [2.45, 2.75) is 0 Å². The van der Waals surface area contributed by atoms with E-state index in [0.717, 1.165) is 20.5 Å². The molecule has 160 valence electrons. The lowest BCUT2D eigenvalue weighted by atomic mass is 10.2. The Bertz CT molecular complexity index is 1640. The molecule has 0 fully saturated rings. The number of pyridine rings is 1. The molecule has 0 saturated carbocycles. The molecular formula is C21H11F3N4O3S. The van der Waals surface area contributed by atoms with Gasteiger partial charge in [0.1, 0.15) is 5.75 Å². The molecule has 0 saturated heterocycles. The molecule has 7 nitrogen and oxygen atoms in total. The van der Waals surface area contributed by atoms with Crippen LogP contribution in [0.2, 0.25) is 0 Å². The molecule has 3 heterocycles. The van der Waals surface area contributed by atoms with Crippen molar-refractivity contribution >= 4 is 32.6 Å².